The van der Waals surface area contributed by atoms with E-state index in [4.69, 9.17) is 20.8 Å². The molecule has 9 nitrogen and oxygen atoms in total. The number of furan rings is 1. The monoisotopic (exact) mass is 484 g/mol. The summed E-state index contributed by atoms with van der Waals surface area (Å²) in [5.41, 5.74) is 3.48. The Labute approximate surface area is 201 Å². The number of fused-ring (bicyclic) bond motifs is 1. The number of amides is 2. The summed E-state index contributed by atoms with van der Waals surface area (Å²) in [5.74, 6) is -1.19. The second kappa shape index (κ2) is 10.2. The zero-order valence-corrected chi connectivity index (χ0v) is 19.6. The minimum absolute atomic E-state index is 0.00353. The number of hydrogen-bond donors (Lipinski definition) is 2. The van der Waals surface area contributed by atoms with Crippen LogP contribution in [0.5, 0.6) is 0 Å². The third-order valence-corrected chi connectivity index (χ3v) is 6.10. The third kappa shape index (κ3) is 4.76. The van der Waals surface area contributed by atoms with Crippen LogP contribution in [-0.2, 0) is 9.53 Å². The molecule has 0 aliphatic heterocycles. The van der Waals surface area contributed by atoms with Crippen LogP contribution in [0.4, 0.5) is 11.5 Å². The van der Waals surface area contributed by atoms with Gasteiger partial charge in [0.2, 0.25) is 5.91 Å². The smallest absolute Gasteiger partial charge is 0.340 e. The molecule has 1 saturated carbocycles. The zero-order chi connectivity index (χ0) is 24.2. The highest BCUT2D eigenvalue weighted by Gasteiger charge is 2.32. The van der Waals surface area contributed by atoms with E-state index >= 15 is 0 Å². The van der Waals surface area contributed by atoms with Gasteiger partial charge in [-0.05, 0) is 37.1 Å². The molecule has 1 fully saturated rings. The van der Waals surface area contributed by atoms with E-state index in [0.29, 0.717) is 16.2 Å². The van der Waals surface area contributed by atoms with Gasteiger partial charge in [0.25, 0.3) is 5.91 Å². The van der Waals surface area contributed by atoms with Gasteiger partial charge in [-0.1, -0.05) is 36.9 Å². The number of carbonyl (C=O) groups excluding carboxylic acids is 3. The minimum atomic E-state index is -0.624. The molecule has 2 heterocycles. The Morgan fingerprint density at radius 1 is 1.15 bits per heavy atom. The number of hydrazine groups is 1. The summed E-state index contributed by atoms with van der Waals surface area (Å²) in [7, 11) is 2.87. The Balaban J connectivity index is 1.75. The predicted molar refractivity (Wildman–Crippen MR) is 128 cm³/mol. The Hall–Kier alpha value is -3.43. The molecule has 0 spiro atoms. The highest BCUT2D eigenvalue weighted by atomic mass is 35.5. The Morgan fingerprint density at radius 3 is 2.56 bits per heavy atom. The van der Waals surface area contributed by atoms with Crippen molar-refractivity contribution in [3.63, 3.8) is 0 Å². The van der Waals surface area contributed by atoms with Crippen molar-refractivity contribution < 1.29 is 23.5 Å². The Kier molecular flexibility index (Phi) is 7.14. The molecule has 34 heavy (non-hydrogen) atoms. The fraction of sp³-hybridized carbons (Fsp3) is 0.333. The molecule has 0 saturated heterocycles. The first kappa shape index (κ1) is 23.7. The number of aromatic nitrogens is 1. The number of hydrogen-bond acceptors (Lipinski definition) is 7. The molecule has 1 aromatic carbocycles. The molecule has 10 heteroatoms. The second-order valence-electron chi connectivity index (χ2n) is 8.03. The number of esters is 1. The van der Waals surface area contributed by atoms with Crippen LogP contribution >= 0.6 is 11.6 Å². The molecule has 2 N–H and O–H groups in total. The molecule has 0 unspecified atom stereocenters. The number of benzene rings is 1. The molecule has 1 aliphatic carbocycles. The van der Waals surface area contributed by atoms with Crippen molar-refractivity contribution in [1.82, 2.24) is 10.4 Å². The fourth-order valence-corrected chi connectivity index (χ4v) is 4.30. The molecule has 1 aliphatic rings. The summed E-state index contributed by atoms with van der Waals surface area (Å²) in [5, 5.41) is 4.96. The SMILES string of the molecule is CNN(C(=O)C1CCCCC1)c1c(C(=O)OC)ccc2cc(C(=O)Nc3ccc(Cl)cn3)oc12. The predicted octanol–water partition coefficient (Wildman–Crippen LogP) is 4.57. The molecule has 178 valence electrons. The van der Waals surface area contributed by atoms with Gasteiger partial charge in [0.05, 0.1) is 17.7 Å². The highest BCUT2D eigenvalue weighted by molar-refractivity contribution is 6.30. The van der Waals surface area contributed by atoms with E-state index in [1.54, 1.807) is 37.4 Å². The molecular weight excluding hydrogens is 460 g/mol. The third-order valence-electron chi connectivity index (χ3n) is 5.88. The quantitative estimate of drug-likeness (QED) is 0.389. The standard InChI is InChI=1S/C24H25ClN4O5/c1-26-29(23(31)14-6-4-3-5-7-14)20-17(24(32)33-2)10-8-15-12-18(34-21(15)20)22(30)28-19-11-9-16(25)13-27-19/h8-14,26H,3-7H2,1-2H3,(H,27,28,30). The van der Waals surface area contributed by atoms with Gasteiger partial charge in [-0.2, -0.15) is 0 Å². The summed E-state index contributed by atoms with van der Waals surface area (Å²) in [4.78, 5) is 42.9. The van der Waals surface area contributed by atoms with Crippen LogP contribution in [0.2, 0.25) is 5.02 Å². The summed E-state index contributed by atoms with van der Waals surface area (Å²) in [6, 6.07) is 7.91. The summed E-state index contributed by atoms with van der Waals surface area (Å²) >= 11 is 5.84. The molecule has 0 bridgehead atoms. The first-order valence-corrected chi connectivity index (χ1v) is 11.4. The van der Waals surface area contributed by atoms with Gasteiger partial charge in [-0.15, -0.1) is 0 Å². The van der Waals surface area contributed by atoms with Crippen LogP contribution < -0.4 is 15.8 Å². The van der Waals surface area contributed by atoms with Gasteiger partial charge in [0.1, 0.15) is 11.5 Å². The molecule has 3 aromatic rings. The van der Waals surface area contributed by atoms with E-state index < -0.39 is 11.9 Å². The maximum Gasteiger partial charge on any atom is 0.340 e. The number of pyridine rings is 1. The van der Waals surface area contributed by atoms with Gasteiger partial charge < -0.3 is 14.5 Å². The summed E-state index contributed by atoms with van der Waals surface area (Å²) < 4.78 is 10.8. The Morgan fingerprint density at radius 2 is 1.91 bits per heavy atom. The normalized spacial score (nSPS) is 14.1. The molecule has 0 atom stereocenters. The lowest BCUT2D eigenvalue weighted by molar-refractivity contribution is -0.123. The van der Waals surface area contributed by atoms with E-state index in [9.17, 15) is 14.4 Å². The maximum atomic E-state index is 13.4. The van der Waals surface area contributed by atoms with Crippen molar-refractivity contribution in [3.05, 3.63) is 52.9 Å². The number of ether oxygens (including phenoxy) is 1. The molecular formula is C24H25ClN4O5. The van der Waals surface area contributed by atoms with Crippen molar-refractivity contribution in [3.8, 4) is 0 Å². The highest BCUT2D eigenvalue weighted by Crippen LogP contribution is 2.35. The zero-order valence-electron chi connectivity index (χ0n) is 18.9. The molecule has 2 amide bonds. The largest absolute Gasteiger partial charge is 0.465 e. The van der Waals surface area contributed by atoms with Crippen LogP contribution in [0.15, 0.2) is 40.9 Å². The summed E-state index contributed by atoms with van der Waals surface area (Å²) in [6.07, 6.45) is 6.03. The number of methoxy groups -OCH3 is 1. The first-order chi connectivity index (χ1) is 16.4. The van der Waals surface area contributed by atoms with Crippen molar-refractivity contribution in [2.75, 3.05) is 24.5 Å². The molecule has 2 aromatic heterocycles. The van der Waals surface area contributed by atoms with Crippen LogP contribution in [0.1, 0.15) is 53.0 Å². The number of anilines is 2. The van der Waals surface area contributed by atoms with Crippen LogP contribution in [0, 0.1) is 5.92 Å². The van der Waals surface area contributed by atoms with Crippen molar-refractivity contribution >= 4 is 51.9 Å². The molecule has 4 rings (SSSR count). The topological polar surface area (TPSA) is 114 Å². The van der Waals surface area contributed by atoms with E-state index in [0.717, 1.165) is 32.1 Å². The van der Waals surface area contributed by atoms with Crippen LogP contribution in [-0.4, -0.2) is 36.9 Å². The van der Waals surface area contributed by atoms with Gasteiger partial charge >= 0.3 is 5.97 Å². The van der Waals surface area contributed by atoms with Gasteiger partial charge in [0.15, 0.2) is 11.3 Å². The lowest BCUT2D eigenvalue weighted by Crippen LogP contribution is -2.45. The lowest BCUT2D eigenvalue weighted by atomic mass is 9.88. The average Bonchev–Trinajstić information content (AvgIpc) is 3.31. The molecule has 0 radical (unpaired) electrons. The second-order valence-corrected chi connectivity index (χ2v) is 8.47. The van der Waals surface area contributed by atoms with E-state index in [2.05, 4.69) is 15.7 Å². The van der Waals surface area contributed by atoms with Crippen LogP contribution in [0.3, 0.4) is 0 Å². The van der Waals surface area contributed by atoms with E-state index in [-0.39, 0.29) is 34.4 Å². The summed E-state index contributed by atoms with van der Waals surface area (Å²) in [6.45, 7) is 0. The number of carbonyl (C=O) groups is 3. The number of halogens is 1. The van der Waals surface area contributed by atoms with E-state index in [1.807, 2.05) is 0 Å². The maximum absolute atomic E-state index is 13.4. The van der Waals surface area contributed by atoms with Crippen molar-refractivity contribution in [1.29, 1.82) is 0 Å². The van der Waals surface area contributed by atoms with Gasteiger partial charge in [-0.25, -0.2) is 20.2 Å². The van der Waals surface area contributed by atoms with Gasteiger partial charge in [-0.3, -0.25) is 9.59 Å². The van der Waals surface area contributed by atoms with E-state index in [1.165, 1.54) is 18.3 Å². The van der Waals surface area contributed by atoms with Gasteiger partial charge in [0, 0.05) is 24.5 Å². The van der Waals surface area contributed by atoms with Crippen molar-refractivity contribution in [2.24, 2.45) is 5.92 Å². The minimum Gasteiger partial charge on any atom is -0.465 e. The number of rotatable bonds is 6. The Bertz CT molecular complexity index is 1220. The lowest BCUT2D eigenvalue weighted by Gasteiger charge is -2.29. The van der Waals surface area contributed by atoms with Crippen molar-refractivity contribution in [2.45, 2.75) is 32.1 Å². The average molecular weight is 485 g/mol. The fourth-order valence-electron chi connectivity index (χ4n) is 4.19. The number of nitrogens with zero attached hydrogens (tertiary/aromatic N) is 2. The first-order valence-electron chi connectivity index (χ1n) is 11.0. The number of nitrogens with one attached hydrogen (secondary N) is 2. The van der Waals surface area contributed by atoms with Crippen LogP contribution in [0.25, 0.3) is 11.0 Å².